The van der Waals surface area contributed by atoms with Gasteiger partial charge < -0.3 is 10.2 Å². The molecule has 0 amide bonds. The fraction of sp³-hybridized carbons (Fsp3) is 0.800. The van der Waals surface area contributed by atoms with Gasteiger partial charge >= 0.3 is 0 Å². The fourth-order valence-electron chi connectivity index (χ4n) is 2.58. The lowest BCUT2D eigenvalue weighted by Crippen LogP contribution is -2.36. The number of hydrogen-bond donors (Lipinski definition) is 1. The van der Waals surface area contributed by atoms with Gasteiger partial charge in [0.1, 0.15) is 0 Å². The van der Waals surface area contributed by atoms with Crippen LogP contribution in [0.5, 0.6) is 0 Å². The fourth-order valence-corrected chi connectivity index (χ4v) is 2.82. The molecule has 5 heteroatoms. The Morgan fingerprint density at radius 1 is 1.30 bits per heavy atom. The smallest absolute Gasteiger partial charge is 0.0847 e. The zero-order valence-electron chi connectivity index (χ0n) is 13.5. The molecule has 0 aliphatic carbocycles. The van der Waals surface area contributed by atoms with E-state index >= 15 is 0 Å². The standard InChI is InChI=1S/C15H29ClN4/c1-6-17-13(9-10-20(7-2)8-3)11-14-15(16)12(4)18-19(14)5/h13,17H,6-11H2,1-5H3. The van der Waals surface area contributed by atoms with E-state index in [-0.39, 0.29) is 0 Å². The van der Waals surface area contributed by atoms with Crippen molar-refractivity contribution in [2.75, 3.05) is 26.2 Å². The number of halogens is 1. The van der Waals surface area contributed by atoms with Crippen molar-refractivity contribution in [2.24, 2.45) is 7.05 Å². The summed E-state index contributed by atoms with van der Waals surface area (Å²) in [5.74, 6) is 0. The van der Waals surface area contributed by atoms with Crippen LogP contribution in [0.15, 0.2) is 0 Å². The summed E-state index contributed by atoms with van der Waals surface area (Å²) in [6.45, 7) is 12.9. The van der Waals surface area contributed by atoms with Gasteiger partial charge in [0.2, 0.25) is 0 Å². The Morgan fingerprint density at radius 2 is 1.95 bits per heavy atom. The molecule has 1 unspecified atom stereocenters. The van der Waals surface area contributed by atoms with E-state index in [1.54, 1.807) is 0 Å². The van der Waals surface area contributed by atoms with E-state index in [1.807, 2.05) is 18.7 Å². The SMILES string of the molecule is CCNC(CCN(CC)CC)Cc1c(Cl)c(C)nn1C. The largest absolute Gasteiger partial charge is 0.314 e. The molecule has 0 aliphatic heterocycles. The minimum Gasteiger partial charge on any atom is -0.314 e. The van der Waals surface area contributed by atoms with Crippen molar-refractivity contribution in [3.8, 4) is 0 Å². The van der Waals surface area contributed by atoms with Gasteiger partial charge in [-0.25, -0.2) is 0 Å². The highest BCUT2D eigenvalue weighted by atomic mass is 35.5. The Labute approximate surface area is 128 Å². The predicted molar refractivity (Wildman–Crippen MR) is 86.5 cm³/mol. The number of nitrogens with zero attached hydrogens (tertiary/aromatic N) is 3. The highest BCUT2D eigenvalue weighted by molar-refractivity contribution is 6.31. The average Bonchev–Trinajstić information content (AvgIpc) is 2.66. The Bertz CT molecular complexity index is 399. The molecular weight excluding hydrogens is 272 g/mol. The highest BCUT2D eigenvalue weighted by Crippen LogP contribution is 2.21. The summed E-state index contributed by atoms with van der Waals surface area (Å²) in [5, 5.41) is 8.79. The van der Waals surface area contributed by atoms with Crippen LogP contribution in [0.3, 0.4) is 0 Å². The van der Waals surface area contributed by atoms with Crippen molar-refractivity contribution in [3.05, 3.63) is 16.4 Å². The van der Waals surface area contributed by atoms with E-state index in [0.717, 1.165) is 55.4 Å². The van der Waals surface area contributed by atoms with E-state index in [1.165, 1.54) is 0 Å². The first-order valence-corrected chi connectivity index (χ1v) is 8.04. The second kappa shape index (κ2) is 8.65. The average molecular weight is 301 g/mol. The van der Waals surface area contributed by atoms with Crippen molar-refractivity contribution in [2.45, 2.75) is 46.6 Å². The van der Waals surface area contributed by atoms with E-state index < -0.39 is 0 Å². The van der Waals surface area contributed by atoms with Crippen LogP contribution >= 0.6 is 11.6 Å². The van der Waals surface area contributed by atoms with Gasteiger partial charge in [0.15, 0.2) is 0 Å². The third kappa shape index (κ3) is 4.76. The molecule has 116 valence electrons. The first-order valence-electron chi connectivity index (χ1n) is 7.67. The van der Waals surface area contributed by atoms with Crippen molar-refractivity contribution in [1.29, 1.82) is 0 Å². The normalized spacial score (nSPS) is 13.2. The molecule has 1 aromatic rings. The lowest BCUT2D eigenvalue weighted by Gasteiger charge is -2.23. The lowest BCUT2D eigenvalue weighted by atomic mass is 10.1. The van der Waals surface area contributed by atoms with Crippen LogP contribution in [-0.2, 0) is 13.5 Å². The maximum Gasteiger partial charge on any atom is 0.0847 e. The number of aryl methyl sites for hydroxylation is 2. The van der Waals surface area contributed by atoms with Crippen LogP contribution in [0, 0.1) is 6.92 Å². The third-order valence-corrected chi connectivity index (χ3v) is 4.37. The molecule has 4 nitrogen and oxygen atoms in total. The Kier molecular flexibility index (Phi) is 7.56. The highest BCUT2D eigenvalue weighted by Gasteiger charge is 2.17. The van der Waals surface area contributed by atoms with Crippen LogP contribution in [0.4, 0.5) is 0 Å². The number of aromatic nitrogens is 2. The molecule has 1 heterocycles. The predicted octanol–water partition coefficient (Wildman–Crippen LogP) is 2.63. The summed E-state index contributed by atoms with van der Waals surface area (Å²) in [6, 6.07) is 0.452. The summed E-state index contributed by atoms with van der Waals surface area (Å²) >= 11 is 6.35. The number of likely N-dealkylation sites (N-methyl/N-ethyl adjacent to an activating group) is 1. The molecule has 0 aliphatic rings. The molecular formula is C15H29ClN4. The van der Waals surface area contributed by atoms with E-state index in [4.69, 9.17) is 11.6 Å². The zero-order valence-corrected chi connectivity index (χ0v) is 14.3. The Hall–Kier alpha value is -0.580. The van der Waals surface area contributed by atoms with Crippen molar-refractivity contribution in [3.63, 3.8) is 0 Å². The summed E-state index contributed by atoms with van der Waals surface area (Å²) in [7, 11) is 1.97. The van der Waals surface area contributed by atoms with Gasteiger partial charge in [0.05, 0.1) is 16.4 Å². The minimum absolute atomic E-state index is 0.452. The molecule has 1 rings (SSSR count). The van der Waals surface area contributed by atoms with Crippen LogP contribution in [0.1, 0.15) is 38.6 Å². The summed E-state index contributed by atoms with van der Waals surface area (Å²) in [6.07, 6.45) is 2.07. The summed E-state index contributed by atoms with van der Waals surface area (Å²) in [4.78, 5) is 2.46. The first kappa shape index (κ1) is 17.5. The minimum atomic E-state index is 0.452. The third-order valence-electron chi connectivity index (χ3n) is 3.88. The van der Waals surface area contributed by atoms with Gasteiger partial charge in [0, 0.05) is 19.5 Å². The molecule has 20 heavy (non-hydrogen) atoms. The van der Waals surface area contributed by atoms with Gasteiger partial charge in [-0.3, -0.25) is 4.68 Å². The molecule has 0 aromatic carbocycles. The Morgan fingerprint density at radius 3 is 2.40 bits per heavy atom. The molecule has 0 fully saturated rings. The second-order valence-corrected chi connectivity index (χ2v) is 5.62. The lowest BCUT2D eigenvalue weighted by molar-refractivity contribution is 0.280. The van der Waals surface area contributed by atoms with Crippen LogP contribution < -0.4 is 5.32 Å². The van der Waals surface area contributed by atoms with Crippen LogP contribution in [-0.4, -0.2) is 46.9 Å². The van der Waals surface area contributed by atoms with Crippen LogP contribution in [0.25, 0.3) is 0 Å². The van der Waals surface area contributed by atoms with Gasteiger partial charge in [-0.15, -0.1) is 0 Å². The number of rotatable bonds is 9. The van der Waals surface area contributed by atoms with Crippen molar-refractivity contribution < 1.29 is 0 Å². The van der Waals surface area contributed by atoms with Gasteiger partial charge in [-0.05, 0) is 39.5 Å². The monoisotopic (exact) mass is 300 g/mol. The molecule has 1 atom stereocenters. The second-order valence-electron chi connectivity index (χ2n) is 5.24. The molecule has 1 aromatic heterocycles. The van der Waals surface area contributed by atoms with E-state index in [2.05, 4.69) is 36.1 Å². The van der Waals surface area contributed by atoms with E-state index in [9.17, 15) is 0 Å². The maximum absolute atomic E-state index is 6.35. The molecule has 1 N–H and O–H groups in total. The zero-order chi connectivity index (χ0) is 15.1. The molecule has 0 bridgehead atoms. The number of hydrogen-bond acceptors (Lipinski definition) is 3. The summed E-state index contributed by atoms with van der Waals surface area (Å²) < 4.78 is 1.92. The maximum atomic E-state index is 6.35. The molecule has 0 radical (unpaired) electrons. The molecule has 0 spiro atoms. The van der Waals surface area contributed by atoms with Crippen molar-refractivity contribution >= 4 is 11.6 Å². The quantitative estimate of drug-likeness (QED) is 0.761. The van der Waals surface area contributed by atoms with Crippen molar-refractivity contribution in [1.82, 2.24) is 20.0 Å². The van der Waals surface area contributed by atoms with Crippen LogP contribution in [0.2, 0.25) is 5.02 Å². The Balaban J connectivity index is 2.66. The topological polar surface area (TPSA) is 33.1 Å². The molecule has 0 saturated carbocycles. The van der Waals surface area contributed by atoms with Gasteiger partial charge in [-0.1, -0.05) is 32.4 Å². The number of nitrogens with one attached hydrogen (secondary N) is 1. The summed E-state index contributed by atoms with van der Waals surface area (Å²) in [5.41, 5.74) is 2.05. The molecule has 0 saturated heterocycles. The van der Waals surface area contributed by atoms with E-state index in [0.29, 0.717) is 6.04 Å². The first-order chi connectivity index (χ1) is 9.53. The van der Waals surface area contributed by atoms with Gasteiger partial charge in [0.25, 0.3) is 0 Å². The van der Waals surface area contributed by atoms with Gasteiger partial charge in [-0.2, -0.15) is 5.10 Å².